The van der Waals surface area contributed by atoms with Gasteiger partial charge in [-0.2, -0.15) is 9.78 Å². The first-order valence-corrected chi connectivity index (χ1v) is 8.70. The number of H-pyrrole nitrogens is 1. The van der Waals surface area contributed by atoms with Crippen molar-refractivity contribution >= 4 is 39.1 Å². The minimum absolute atomic E-state index is 0.280. The van der Waals surface area contributed by atoms with Gasteiger partial charge in [-0.3, -0.25) is 4.79 Å². The topological polar surface area (TPSA) is 85.2 Å². The molecule has 0 aliphatic rings. The standard InChI is InChI=1S/C21H15N5O2/c1-28-15-8-9-16-18(10-15)25-20-19(16)22-12-26(21(20)27)23-11-14-7-6-13-4-2-3-5-17(13)24-14/h2-12,25H,1H3. The number of pyridine rings is 1. The Hall–Kier alpha value is -4.00. The third kappa shape index (κ3) is 2.61. The Kier molecular flexibility index (Phi) is 3.65. The van der Waals surface area contributed by atoms with Gasteiger partial charge in [-0.1, -0.05) is 24.3 Å². The van der Waals surface area contributed by atoms with E-state index in [2.05, 4.69) is 20.1 Å². The maximum absolute atomic E-state index is 12.8. The number of methoxy groups -OCH3 is 1. The number of hydrogen-bond donors (Lipinski definition) is 1. The lowest BCUT2D eigenvalue weighted by molar-refractivity contribution is 0.415. The van der Waals surface area contributed by atoms with Crippen LogP contribution < -0.4 is 10.3 Å². The number of aromatic nitrogens is 4. The van der Waals surface area contributed by atoms with Gasteiger partial charge in [-0.05, 0) is 24.3 Å². The number of aromatic amines is 1. The minimum atomic E-state index is -0.280. The molecule has 0 fully saturated rings. The van der Waals surface area contributed by atoms with E-state index in [0.29, 0.717) is 22.5 Å². The molecule has 1 N–H and O–H groups in total. The van der Waals surface area contributed by atoms with Crippen molar-refractivity contribution in [2.75, 3.05) is 7.11 Å². The van der Waals surface area contributed by atoms with E-state index in [1.165, 1.54) is 11.0 Å². The smallest absolute Gasteiger partial charge is 0.298 e. The van der Waals surface area contributed by atoms with Gasteiger partial charge in [0.2, 0.25) is 0 Å². The van der Waals surface area contributed by atoms with E-state index >= 15 is 0 Å². The molecule has 0 spiro atoms. The lowest BCUT2D eigenvalue weighted by Crippen LogP contribution is -2.17. The second-order valence-electron chi connectivity index (χ2n) is 6.33. The van der Waals surface area contributed by atoms with Crippen molar-refractivity contribution < 1.29 is 4.74 Å². The molecule has 3 aromatic heterocycles. The highest BCUT2D eigenvalue weighted by Crippen LogP contribution is 2.25. The van der Waals surface area contributed by atoms with Crippen LogP contribution in [-0.4, -0.2) is 33.0 Å². The number of benzene rings is 2. The highest BCUT2D eigenvalue weighted by atomic mass is 16.5. The monoisotopic (exact) mass is 369 g/mol. The number of rotatable bonds is 3. The van der Waals surface area contributed by atoms with E-state index in [-0.39, 0.29) is 5.56 Å². The summed E-state index contributed by atoms with van der Waals surface area (Å²) in [6, 6.07) is 17.2. The van der Waals surface area contributed by atoms with Crippen LogP contribution >= 0.6 is 0 Å². The van der Waals surface area contributed by atoms with E-state index in [0.717, 1.165) is 21.8 Å². The quantitative estimate of drug-likeness (QED) is 0.495. The van der Waals surface area contributed by atoms with Crippen LogP contribution in [0.4, 0.5) is 0 Å². The van der Waals surface area contributed by atoms with E-state index in [1.807, 2.05) is 54.6 Å². The van der Waals surface area contributed by atoms with Gasteiger partial charge in [0.15, 0.2) is 0 Å². The van der Waals surface area contributed by atoms with Gasteiger partial charge in [-0.15, -0.1) is 0 Å². The zero-order valence-electron chi connectivity index (χ0n) is 15.0. The van der Waals surface area contributed by atoms with Gasteiger partial charge in [0, 0.05) is 16.8 Å². The van der Waals surface area contributed by atoms with Crippen molar-refractivity contribution in [3.63, 3.8) is 0 Å². The van der Waals surface area contributed by atoms with Crippen LogP contribution in [0.5, 0.6) is 5.75 Å². The fourth-order valence-corrected chi connectivity index (χ4v) is 3.21. The van der Waals surface area contributed by atoms with Crippen LogP contribution in [0, 0.1) is 0 Å². The Morgan fingerprint density at radius 3 is 2.93 bits per heavy atom. The van der Waals surface area contributed by atoms with Crippen molar-refractivity contribution in [2.45, 2.75) is 0 Å². The maximum Gasteiger partial charge on any atom is 0.298 e. The lowest BCUT2D eigenvalue weighted by Gasteiger charge is -1.99. The molecule has 0 saturated carbocycles. The predicted molar refractivity (Wildman–Crippen MR) is 109 cm³/mol. The summed E-state index contributed by atoms with van der Waals surface area (Å²) in [6.45, 7) is 0. The number of fused-ring (bicyclic) bond motifs is 4. The van der Waals surface area contributed by atoms with Crippen molar-refractivity contribution in [3.8, 4) is 5.75 Å². The Bertz CT molecular complexity index is 1430. The van der Waals surface area contributed by atoms with E-state index < -0.39 is 0 Å². The zero-order chi connectivity index (χ0) is 19.1. The van der Waals surface area contributed by atoms with E-state index in [4.69, 9.17) is 4.74 Å². The molecule has 0 amide bonds. The third-order valence-corrected chi connectivity index (χ3v) is 4.63. The van der Waals surface area contributed by atoms with Gasteiger partial charge in [0.25, 0.3) is 5.56 Å². The molecule has 7 heteroatoms. The molecule has 0 aliphatic carbocycles. The summed E-state index contributed by atoms with van der Waals surface area (Å²) in [4.78, 5) is 24.9. The average Bonchev–Trinajstić information content (AvgIpc) is 3.11. The van der Waals surface area contributed by atoms with Crippen molar-refractivity contribution in [3.05, 3.63) is 77.0 Å². The molecule has 5 aromatic rings. The first-order chi connectivity index (χ1) is 13.7. The fourth-order valence-electron chi connectivity index (χ4n) is 3.21. The first kappa shape index (κ1) is 16.2. The second-order valence-corrected chi connectivity index (χ2v) is 6.33. The highest BCUT2D eigenvalue weighted by molar-refractivity contribution is 6.04. The average molecular weight is 369 g/mol. The first-order valence-electron chi connectivity index (χ1n) is 8.70. The molecule has 0 aliphatic heterocycles. The lowest BCUT2D eigenvalue weighted by atomic mass is 10.2. The summed E-state index contributed by atoms with van der Waals surface area (Å²) in [5.74, 6) is 0.708. The summed E-state index contributed by atoms with van der Waals surface area (Å²) >= 11 is 0. The molecule has 3 heterocycles. The van der Waals surface area contributed by atoms with Crippen molar-refractivity contribution in [1.29, 1.82) is 0 Å². The molecular formula is C21H15N5O2. The number of nitrogens with zero attached hydrogens (tertiary/aromatic N) is 4. The SMILES string of the molecule is COc1ccc2c(c1)[nH]c1c(=O)n(N=Cc3ccc4ccccc4n3)cnc12. The highest BCUT2D eigenvalue weighted by Gasteiger charge is 2.11. The molecule has 28 heavy (non-hydrogen) atoms. The molecule has 7 nitrogen and oxygen atoms in total. The van der Waals surface area contributed by atoms with Crippen LogP contribution in [0.25, 0.3) is 32.8 Å². The van der Waals surface area contributed by atoms with Gasteiger partial charge < -0.3 is 9.72 Å². The van der Waals surface area contributed by atoms with Gasteiger partial charge in [0.05, 0.1) is 30.1 Å². The molecule has 0 radical (unpaired) electrons. The van der Waals surface area contributed by atoms with Crippen molar-refractivity contribution in [2.24, 2.45) is 5.10 Å². The molecule has 5 rings (SSSR count). The molecule has 0 saturated heterocycles. The Morgan fingerprint density at radius 1 is 1.14 bits per heavy atom. The Labute approximate surface area is 158 Å². The van der Waals surface area contributed by atoms with Crippen LogP contribution in [0.1, 0.15) is 5.69 Å². The van der Waals surface area contributed by atoms with Crippen molar-refractivity contribution in [1.82, 2.24) is 19.6 Å². The number of nitrogens with one attached hydrogen (secondary N) is 1. The summed E-state index contributed by atoms with van der Waals surface area (Å²) in [7, 11) is 1.60. The predicted octanol–water partition coefficient (Wildman–Crippen LogP) is 3.32. The Balaban J connectivity index is 1.58. The molecule has 0 unspecified atom stereocenters. The summed E-state index contributed by atoms with van der Waals surface area (Å²) in [5, 5.41) is 6.16. The third-order valence-electron chi connectivity index (χ3n) is 4.63. The second kappa shape index (κ2) is 6.31. The molecule has 136 valence electrons. The minimum Gasteiger partial charge on any atom is -0.497 e. The molecular weight excluding hydrogens is 354 g/mol. The van der Waals surface area contributed by atoms with Crippen LogP contribution in [0.3, 0.4) is 0 Å². The van der Waals surface area contributed by atoms with E-state index in [1.54, 1.807) is 13.3 Å². The maximum atomic E-state index is 12.8. The summed E-state index contributed by atoms with van der Waals surface area (Å²) in [6.07, 6.45) is 2.97. The molecule has 2 aromatic carbocycles. The van der Waals surface area contributed by atoms with Gasteiger partial charge in [-0.25, -0.2) is 9.97 Å². The van der Waals surface area contributed by atoms with E-state index in [9.17, 15) is 4.79 Å². The van der Waals surface area contributed by atoms with Crippen LogP contribution in [0.15, 0.2) is 70.8 Å². The fraction of sp³-hybridized carbons (Fsp3) is 0.0476. The zero-order valence-corrected chi connectivity index (χ0v) is 15.0. The molecule has 0 atom stereocenters. The van der Waals surface area contributed by atoms with Crippen LogP contribution in [0.2, 0.25) is 0 Å². The van der Waals surface area contributed by atoms with Crippen LogP contribution in [-0.2, 0) is 0 Å². The number of ether oxygens (including phenoxy) is 1. The number of para-hydroxylation sites is 1. The summed E-state index contributed by atoms with van der Waals surface area (Å²) < 4.78 is 6.44. The summed E-state index contributed by atoms with van der Waals surface area (Å²) in [5.41, 5.74) is 3.05. The normalized spacial score (nSPS) is 11.8. The van der Waals surface area contributed by atoms with Gasteiger partial charge in [0.1, 0.15) is 23.1 Å². The number of hydrogen-bond acceptors (Lipinski definition) is 5. The molecule has 0 bridgehead atoms. The largest absolute Gasteiger partial charge is 0.497 e. The Morgan fingerprint density at radius 2 is 2.04 bits per heavy atom. The van der Waals surface area contributed by atoms with Gasteiger partial charge >= 0.3 is 0 Å².